The fourth-order valence-electron chi connectivity index (χ4n) is 4.84. The van der Waals surface area contributed by atoms with Crippen molar-refractivity contribution >= 4 is 5.91 Å². The number of pyridine rings is 1. The second kappa shape index (κ2) is 10.7. The molecule has 2 heterocycles. The zero-order valence-corrected chi connectivity index (χ0v) is 19.4. The predicted octanol–water partition coefficient (Wildman–Crippen LogP) is 5.23. The molecule has 1 aromatic heterocycles. The van der Waals surface area contributed by atoms with Crippen molar-refractivity contribution in [3.05, 3.63) is 102 Å². The van der Waals surface area contributed by atoms with Crippen LogP contribution in [0.15, 0.2) is 79.0 Å². The molecule has 0 spiro atoms. The summed E-state index contributed by atoms with van der Waals surface area (Å²) >= 11 is 0. The lowest BCUT2D eigenvalue weighted by atomic mass is 9.88. The van der Waals surface area contributed by atoms with E-state index in [1.807, 2.05) is 29.3 Å². The van der Waals surface area contributed by atoms with E-state index >= 15 is 0 Å². The molecule has 33 heavy (non-hydrogen) atoms. The Morgan fingerprint density at radius 2 is 1.76 bits per heavy atom. The van der Waals surface area contributed by atoms with Gasteiger partial charge >= 0.3 is 0 Å². The quantitative estimate of drug-likeness (QED) is 0.476. The zero-order chi connectivity index (χ0) is 23.2. The van der Waals surface area contributed by atoms with Crippen molar-refractivity contribution in [2.24, 2.45) is 11.8 Å². The Hall–Kier alpha value is -3.05. The van der Waals surface area contributed by atoms with Crippen LogP contribution in [0.25, 0.3) is 0 Å². The average Bonchev–Trinajstić information content (AvgIpc) is 3.21. The standard InChI is InChI=1S/C28H32FN3O/c1-21(2)16-32(28(33)25-13-6-7-14-27(25)29)18-23-17-31(19-24-12-8-9-15-30-24)20-26(23)22-10-4-3-5-11-22/h3-15,21,23,26H,16-20H2,1-2H3/t23-,26+/m0/s1. The van der Waals surface area contributed by atoms with Crippen molar-refractivity contribution in [2.45, 2.75) is 26.3 Å². The molecule has 1 amide bonds. The van der Waals surface area contributed by atoms with Crippen LogP contribution in [0.3, 0.4) is 0 Å². The van der Waals surface area contributed by atoms with Gasteiger partial charge in [-0.15, -0.1) is 0 Å². The van der Waals surface area contributed by atoms with Gasteiger partial charge in [0.15, 0.2) is 0 Å². The van der Waals surface area contributed by atoms with E-state index in [0.29, 0.717) is 24.9 Å². The summed E-state index contributed by atoms with van der Waals surface area (Å²) < 4.78 is 14.4. The lowest BCUT2D eigenvalue weighted by Crippen LogP contribution is -2.40. The van der Waals surface area contributed by atoms with Crippen LogP contribution >= 0.6 is 0 Å². The number of halogens is 1. The number of nitrogens with zero attached hydrogens (tertiary/aromatic N) is 3. The molecule has 2 aromatic carbocycles. The molecule has 4 nitrogen and oxygen atoms in total. The molecule has 0 saturated carbocycles. The molecule has 0 N–H and O–H groups in total. The normalized spacial score (nSPS) is 18.5. The van der Waals surface area contributed by atoms with E-state index in [4.69, 9.17) is 0 Å². The summed E-state index contributed by atoms with van der Waals surface area (Å²) in [4.78, 5) is 22.1. The molecule has 0 bridgehead atoms. The van der Waals surface area contributed by atoms with Crippen LogP contribution in [-0.2, 0) is 6.54 Å². The minimum atomic E-state index is -0.459. The second-order valence-corrected chi connectivity index (χ2v) is 9.38. The number of carbonyl (C=O) groups excluding carboxylic acids is 1. The number of amides is 1. The highest BCUT2D eigenvalue weighted by Gasteiger charge is 2.36. The predicted molar refractivity (Wildman–Crippen MR) is 129 cm³/mol. The SMILES string of the molecule is CC(C)CN(C[C@@H]1CN(Cc2ccccn2)C[C@@H]1c1ccccc1)C(=O)c1ccccc1F. The third kappa shape index (κ3) is 5.85. The van der Waals surface area contributed by atoms with Crippen LogP contribution in [0.1, 0.15) is 41.4 Å². The van der Waals surface area contributed by atoms with E-state index < -0.39 is 5.82 Å². The Kier molecular flexibility index (Phi) is 7.50. The van der Waals surface area contributed by atoms with Crippen LogP contribution < -0.4 is 0 Å². The van der Waals surface area contributed by atoms with Crippen LogP contribution in [0.5, 0.6) is 0 Å². The Bertz CT molecular complexity index is 1040. The molecule has 0 aliphatic carbocycles. The number of carbonyl (C=O) groups is 1. The van der Waals surface area contributed by atoms with Gasteiger partial charge in [-0.1, -0.05) is 62.4 Å². The number of rotatable bonds is 8. The highest BCUT2D eigenvalue weighted by atomic mass is 19.1. The maximum atomic E-state index is 14.4. The van der Waals surface area contributed by atoms with Crippen LogP contribution in [0, 0.1) is 17.7 Å². The monoisotopic (exact) mass is 445 g/mol. The van der Waals surface area contributed by atoms with Gasteiger partial charge in [-0.05, 0) is 41.7 Å². The molecule has 1 aliphatic heterocycles. The van der Waals surface area contributed by atoms with Gasteiger partial charge < -0.3 is 4.90 Å². The van der Waals surface area contributed by atoms with Gasteiger partial charge in [0, 0.05) is 44.8 Å². The average molecular weight is 446 g/mol. The topological polar surface area (TPSA) is 36.4 Å². The van der Waals surface area contributed by atoms with Crippen molar-refractivity contribution in [1.82, 2.24) is 14.8 Å². The maximum Gasteiger partial charge on any atom is 0.256 e. The number of hydrogen-bond donors (Lipinski definition) is 0. The van der Waals surface area contributed by atoms with Crippen LogP contribution in [0.4, 0.5) is 4.39 Å². The summed E-state index contributed by atoms with van der Waals surface area (Å²) in [5.74, 6) is 0.168. The van der Waals surface area contributed by atoms with Gasteiger partial charge in [0.2, 0.25) is 0 Å². The van der Waals surface area contributed by atoms with E-state index in [0.717, 1.165) is 25.3 Å². The van der Waals surface area contributed by atoms with Crippen molar-refractivity contribution < 1.29 is 9.18 Å². The fraction of sp³-hybridized carbons (Fsp3) is 0.357. The number of aromatic nitrogens is 1. The summed E-state index contributed by atoms with van der Waals surface area (Å²) in [6.45, 7) is 7.96. The largest absolute Gasteiger partial charge is 0.338 e. The Balaban J connectivity index is 1.58. The molecule has 4 rings (SSSR count). The minimum absolute atomic E-state index is 0.151. The highest BCUT2D eigenvalue weighted by molar-refractivity contribution is 5.94. The maximum absolute atomic E-state index is 14.4. The zero-order valence-electron chi connectivity index (χ0n) is 19.4. The summed E-state index contributed by atoms with van der Waals surface area (Å²) in [7, 11) is 0. The van der Waals surface area contributed by atoms with E-state index in [9.17, 15) is 9.18 Å². The fourth-order valence-corrected chi connectivity index (χ4v) is 4.84. The molecular weight excluding hydrogens is 413 g/mol. The molecule has 1 aliphatic rings. The Labute approximate surface area is 196 Å². The van der Waals surface area contributed by atoms with Gasteiger partial charge in [-0.3, -0.25) is 14.7 Å². The highest BCUT2D eigenvalue weighted by Crippen LogP contribution is 2.34. The molecule has 5 heteroatoms. The number of hydrogen-bond acceptors (Lipinski definition) is 3. The molecule has 2 atom stereocenters. The van der Waals surface area contributed by atoms with Crippen molar-refractivity contribution in [3.8, 4) is 0 Å². The van der Waals surface area contributed by atoms with Gasteiger partial charge in [-0.25, -0.2) is 4.39 Å². The van der Waals surface area contributed by atoms with Crippen LogP contribution in [0.2, 0.25) is 0 Å². The van der Waals surface area contributed by atoms with Crippen molar-refractivity contribution in [3.63, 3.8) is 0 Å². The lowest BCUT2D eigenvalue weighted by molar-refractivity contribution is 0.0698. The number of benzene rings is 2. The van der Waals surface area contributed by atoms with E-state index in [1.165, 1.54) is 11.6 Å². The Morgan fingerprint density at radius 1 is 1.03 bits per heavy atom. The molecule has 1 saturated heterocycles. The third-order valence-electron chi connectivity index (χ3n) is 6.29. The van der Waals surface area contributed by atoms with Gasteiger partial charge in [0.25, 0.3) is 5.91 Å². The molecule has 172 valence electrons. The van der Waals surface area contributed by atoms with E-state index in [2.05, 4.69) is 54.1 Å². The van der Waals surface area contributed by atoms with Crippen molar-refractivity contribution in [2.75, 3.05) is 26.2 Å². The lowest BCUT2D eigenvalue weighted by Gasteiger charge is -2.30. The van der Waals surface area contributed by atoms with Gasteiger partial charge in [0.05, 0.1) is 11.3 Å². The summed E-state index contributed by atoms with van der Waals surface area (Å²) in [6, 6.07) is 22.8. The van der Waals surface area contributed by atoms with Gasteiger partial charge in [-0.2, -0.15) is 0 Å². The first kappa shape index (κ1) is 23.1. The van der Waals surface area contributed by atoms with Gasteiger partial charge in [0.1, 0.15) is 5.82 Å². The van der Waals surface area contributed by atoms with Crippen LogP contribution in [-0.4, -0.2) is 46.9 Å². The second-order valence-electron chi connectivity index (χ2n) is 9.38. The summed E-state index contributed by atoms with van der Waals surface area (Å²) in [5, 5.41) is 0. The molecule has 0 radical (unpaired) electrons. The smallest absolute Gasteiger partial charge is 0.256 e. The summed E-state index contributed by atoms with van der Waals surface area (Å²) in [5.41, 5.74) is 2.48. The molecule has 3 aromatic rings. The minimum Gasteiger partial charge on any atom is -0.338 e. The first-order chi connectivity index (χ1) is 16.0. The number of likely N-dealkylation sites (tertiary alicyclic amines) is 1. The first-order valence-corrected chi connectivity index (χ1v) is 11.7. The van der Waals surface area contributed by atoms with E-state index in [1.54, 1.807) is 18.2 Å². The Morgan fingerprint density at radius 3 is 2.45 bits per heavy atom. The third-order valence-corrected chi connectivity index (χ3v) is 6.29. The molecular formula is C28H32FN3O. The van der Waals surface area contributed by atoms with Crippen molar-refractivity contribution in [1.29, 1.82) is 0 Å². The van der Waals surface area contributed by atoms with E-state index in [-0.39, 0.29) is 17.4 Å². The first-order valence-electron chi connectivity index (χ1n) is 11.7. The molecule has 0 unspecified atom stereocenters. The summed E-state index contributed by atoms with van der Waals surface area (Å²) in [6.07, 6.45) is 1.83. The molecule has 1 fully saturated rings.